The van der Waals surface area contributed by atoms with E-state index in [1.807, 2.05) is 0 Å². The van der Waals surface area contributed by atoms with E-state index in [1.165, 1.54) is 20.8 Å². The van der Waals surface area contributed by atoms with Crippen LogP contribution in [0, 0.1) is 12.3 Å². The molecule has 1 heterocycles. The van der Waals surface area contributed by atoms with Gasteiger partial charge in [-0.1, -0.05) is 5.92 Å². The van der Waals surface area contributed by atoms with Crippen LogP contribution in [0.15, 0.2) is 0 Å². The van der Waals surface area contributed by atoms with Crippen LogP contribution in [0.2, 0.25) is 0 Å². The Morgan fingerprint density at radius 1 is 0.957 bits per heavy atom. The number of hydrogen-bond donors (Lipinski definition) is 0. The molecule has 0 spiro atoms. The molecule has 0 bridgehead atoms. The Morgan fingerprint density at radius 3 is 1.91 bits per heavy atom. The van der Waals surface area contributed by atoms with Gasteiger partial charge in [0, 0.05) is 20.8 Å². The summed E-state index contributed by atoms with van der Waals surface area (Å²) in [5.74, 6) is 0.408. The van der Waals surface area contributed by atoms with Crippen LogP contribution in [0.4, 0.5) is 0 Å². The summed E-state index contributed by atoms with van der Waals surface area (Å²) in [6.07, 6.45) is 0.270. The maximum Gasteiger partial charge on any atom is 0.303 e. The number of carbonyl (C=O) groups excluding carboxylic acids is 3. The molecule has 0 aliphatic carbocycles. The van der Waals surface area contributed by atoms with E-state index < -0.39 is 48.6 Å². The number of carbonyl (C=O) groups is 3. The monoisotopic (exact) mass is 328 g/mol. The van der Waals surface area contributed by atoms with Gasteiger partial charge < -0.3 is 23.7 Å². The predicted octanol–water partition coefficient (Wildman–Crippen LogP) is 0.176. The van der Waals surface area contributed by atoms with Gasteiger partial charge in [0.15, 0.2) is 24.6 Å². The van der Waals surface area contributed by atoms with Crippen molar-refractivity contribution >= 4 is 17.9 Å². The molecule has 1 aliphatic rings. The normalized spacial score (nSPS) is 30.0. The topological polar surface area (TPSA) is 97.4 Å². The molecule has 1 saturated heterocycles. The van der Waals surface area contributed by atoms with Gasteiger partial charge in [0.1, 0.15) is 6.61 Å². The number of terminal acetylenes is 1. The van der Waals surface area contributed by atoms with Gasteiger partial charge in [0.05, 0.1) is 6.10 Å². The summed E-state index contributed by atoms with van der Waals surface area (Å²) in [6.45, 7) is 5.09. The molecule has 1 rings (SSSR count). The first-order chi connectivity index (χ1) is 10.8. The first kappa shape index (κ1) is 18.9. The number of rotatable bonds is 5. The Kier molecular flexibility index (Phi) is 7.00. The fraction of sp³-hybridized carbons (Fsp3) is 0.667. The zero-order valence-corrected chi connectivity index (χ0v) is 13.4. The van der Waals surface area contributed by atoms with Crippen LogP contribution < -0.4 is 0 Å². The van der Waals surface area contributed by atoms with Crippen LogP contribution in [0.5, 0.6) is 0 Å². The minimum absolute atomic E-state index is 0.0970. The quantitative estimate of drug-likeness (QED) is 0.400. The van der Waals surface area contributed by atoms with Crippen LogP contribution in [-0.4, -0.2) is 55.2 Å². The molecule has 8 heteroatoms. The van der Waals surface area contributed by atoms with Gasteiger partial charge in [-0.25, -0.2) is 0 Å². The van der Waals surface area contributed by atoms with E-state index in [0.717, 1.165) is 0 Å². The van der Waals surface area contributed by atoms with E-state index in [2.05, 4.69) is 5.92 Å². The molecule has 0 radical (unpaired) electrons. The van der Waals surface area contributed by atoms with E-state index in [9.17, 15) is 14.4 Å². The molecule has 0 amide bonds. The summed E-state index contributed by atoms with van der Waals surface area (Å²) in [5.41, 5.74) is 0. The lowest BCUT2D eigenvalue weighted by atomic mass is 9.99. The molecule has 23 heavy (non-hydrogen) atoms. The smallest absolute Gasteiger partial charge is 0.303 e. The molecule has 0 aromatic carbocycles. The Balaban J connectivity index is 3.11. The Bertz CT molecular complexity index is 494. The molecule has 0 unspecified atom stereocenters. The summed E-state index contributed by atoms with van der Waals surface area (Å²) < 4.78 is 26.4. The van der Waals surface area contributed by atoms with E-state index in [-0.39, 0.29) is 6.61 Å². The minimum atomic E-state index is -1.12. The lowest BCUT2D eigenvalue weighted by Crippen LogP contribution is -2.61. The van der Waals surface area contributed by atoms with Crippen molar-refractivity contribution in [2.24, 2.45) is 0 Å². The third-order valence-electron chi connectivity index (χ3n) is 2.96. The van der Waals surface area contributed by atoms with Crippen molar-refractivity contribution in [2.45, 2.75) is 58.4 Å². The molecular formula is C15H20O8. The molecular weight excluding hydrogens is 308 g/mol. The molecule has 5 atom stereocenters. The average Bonchev–Trinajstić information content (AvgIpc) is 2.42. The second-order valence-corrected chi connectivity index (χ2v) is 4.95. The molecule has 0 saturated carbocycles. The lowest BCUT2D eigenvalue weighted by Gasteiger charge is -2.43. The highest BCUT2D eigenvalue weighted by atomic mass is 16.7. The highest BCUT2D eigenvalue weighted by Crippen LogP contribution is 2.29. The van der Waals surface area contributed by atoms with Gasteiger partial charge in [0.25, 0.3) is 0 Å². The highest BCUT2D eigenvalue weighted by Gasteiger charge is 2.50. The van der Waals surface area contributed by atoms with Gasteiger partial charge in [-0.2, -0.15) is 0 Å². The first-order valence-corrected chi connectivity index (χ1v) is 6.98. The third-order valence-corrected chi connectivity index (χ3v) is 2.96. The van der Waals surface area contributed by atoms with E-state index in [0.29, 0.717) is 0 Å². The largest absolute Gasteiger partial charge is 0.456 e. The molecule has 1 aliphatic heterocycles. The SMILES string of the molecule is C#CCO[C@@H]1O[C@@H](C)[C@H](OC(C)=O)[C@@H](OC(C)=O)[C@H]1OC(C)=O. The molecule has 0 N–H and O–H groups in total. The molecule has 0 aromatic rings. The standard InChI is InChI=1S/C15H20O8/c1-6-7-19-15-14(23-11(5)18)13(22-10(4)17)12(8(2)20-15)21-9(3)16/h1,8,12-15H,7H2,2-5H3/t8-,12-,13+,14+,15+/m0/s1. The molecule has 128 valence electrons. The summed E-state index contributed by atoms with van der Waals surface area (Å²) in [7, 11) is 0. The summed E-state index contributed by atoms with van der Waals surface area (Å²) in [4.78, 5) is 34.0. The van der Waals surface area contributed by atoms with Crippen molar-refractivity contribution in [1.29, 1.82) is 0 Å². The van der Waals surface area contributed by atoms with Crippen molar-refractivity contribution < 1.29 is 38.1 Å². The Hall–Kier alpha value is -2.11. The van der Waals surface area contributed by atoms with Crippen LogP contribution in [0.1, 0.15) is 27.7 Å². The minimum Gasteiger partial charge on any atom is -0.456 e. The van der Waals surface area contributed by atoms with Gasteiger partial charge in [-0.05, 0) is 6.92 Å². The Labute approximate surface area is 134 Å². The van der Waals surface area contributed by atoms with Gasteiger partial charge in [-0.3, -0.25) is 14.4 Å². The van der Waals surface area contributed by atoms with Crippen molar-refractivity contribution in [3.8, 4) is 12.3 Å². The highest BCUT2D eigenvalue weighted by molar-refractivity contribution is 5.68. The molecule has 1 fully saturated rings. The molecule has 8 nitrogen and oxygen atoms in total. The average molecular weight is 328 g/mol. The maximum atomic E-state index is 11.4. The summed E-state index contributed by atoms with van der Waals surface area (Å²) in [5, 5.41) is 0. The van der Waals surface area contributed by atoms with Crippen molar-refractivity contribution in [3.63, 3.8) is 0 Å². The summed E-state index contributed by atoms with van der Waals surface area (Å²) in [6, 6.07) is 0. The van der Waals surface area contributed by atoms with Crippen molar-refractivity contribution in [2.75, 3.05) is 6.61 Å². The van der Waals surface area contributed by atoms with E-state index in [1.54, 1.807) is 6.92 Å². The lowest BCUT2D eigenvalue weighted by molar-refractivity contribution is -0.298. The number of esters is 3. The zero-order chi connectivity index (χ0) is 17.6. The van der Waals surface area contributed by atoms with E-state index in [4.69, 9.17) is 30.1 Å². The van der Waals surface area contributed by atoms with Crippen molar-refractivity contribution in [1.82, 2.24) is 0 Å². The zero-order valence-electron chi connectivity index (χ0n) is 13.4. The Morgan fingerprint density at radius 2 is 1.43 bits per heavy atom. The maximum absolute atomic E-state index is 11.4. The van der Waals surface area contributed by atoms with Crippen LogP contribution in [0.3, 0.4) is 0 Å². The number of ether oxygens (including phenoxy) is 5. The third kappa shape index (κ3) is 5.54. The van der Waals surface area contributed by atoms with Gasteiger partial charge >= 0.3 is 17.9 Å². The number of hydrogen-bond acceptors (Lipinski definition) is 8. The fourth-order valence-electron chi connectivity index (χ4n) is 2.23. The van der Waals surface area contributed by atoms with Crippen LogP contribution in [-0.2, 0) is 38.1 Å². The summed E-state index contributed by atoms with van der Waals surface area (Å²) >= 11 is 0. The molecule has 0 aromatic heterocycles. The first-order valence-electron chi connectivity index (χ1n) is 6.98. The second-order valence-electron chi connectivity index (χ2n) is 4.95. The second kappa shape index (κ2) is 8.50. The fourth-order valence-corrected chi connectivity index (χ4v) is 2.23. The van der Waals surface area contributed by atoms with Crippen LogP contribution in [0.25, 0.3) is 0 Å². The van der Waals surface area contributed by atoms with Crippen LogP contribution >= 0.6 is 0 Å². The van der Waals surface area contributed by atoms with E-state index >= 15 is 0 Å². The van der Waals surface area contributed by atoms with Crippen molar-refractivity contribution in [3.05, 3.63) is 0 Å². The van der Waals surface area contributed by atoms with Gasteiger partial charge in [-0.15, -0.1) is 6.42 Å². The predicted molar refractivity (Wildman–Crippen MR) is 75.8 cm³/mol. The van der Waals surface area contributed by atoms with Gasteiger partial charge in [0.2, 0.25) is 0 Å².